The van der Waals surface area contributed by atoms with Crippen molar-refractivity contribution in [3.05, 3.63) is 0 Å². The van der Waals surface area contributed by atoms with Crippen LogP contribution in [0.3, 0.4) is 0 Å². The third kappa shape index (κ3) is 2.15. The van der Waals surface area contributed by atoms with E-state index in [2.05, 4.69) is 13.8 Å². The van der Waals surface area contributed by atoms with Crippen molar-refractivity contribution in [2.45, 2.75) is 26.3 Å². The average Bonchev–Trinajstić information content (AvgIpc) is 2.46. The maximum atomic E-state index is 11.4. The molecule has 13 heavy (non-hydrogen) atoms. The second kappa shape index (κ2) is 4.29. The molecular weight excluding hydrogens is 190 g/mol. The molecule has 1 aliphatic rings. The predicted molar refractivity (Wildman–Crippen MR) is 51.3 cm³/mol. The summed E-state index contributed by atoms with van der Waals surface area (Å²) in [6.45, 7) is 4.98. The zero-order valence-corrected chi connectivity index (χ0v) is 9.04. The van der Waals surface area contributed by atoms with Gasteiger partial charge in [0.1, 0.15) is 6.04 Å². The molecule has 0 amide bonds. The van der Waals surface area contributed by atoms with Crippen molar-refractivity contribution in [3.8, 4) is 0 Å². The van der Waals surface area contributed by atoms with Crippen LogP contribution in [0.1, 0.15) is 20.3 Å². The zero-order valence-electron chi connectivity index (χ0n) is 8.29. The van der Waals surface area contributed by atoms with Crippen molar-refractivity contribution >= 4 is 17.7 Å². The SMILES string of the molecule is COC(=O)[C@@H]1C(C(C)C)CCN1Cl. The Hall–Kier alpha value is -0.280. The summed E-state index contributed by atoms with van der Waals surface area (Å²) in [7, 11) is 1.41. The number of methoxy groups -OCH3 is 1. The number of carbonyl (C=O) groups excluding carboxylic acids is 1. The molecule has 0 N–H and O–H groups in total. The monoisotopic (exact) mass is 205 g/mol. The van der Waals surface area contributed by atoms with E-state index in [4.69, 9.17) is 16.5 Å². The quantitative estimate of drug-likeness (QED) is 0.507. The fourth-order valence-electron chi connectivity index (χ4n) is 1.88. The van der Waals surface area contributed by atoms with Crippen LogP contribution in [0.2, 0.25) is 0 Å². The molecule has 2 atom stereocenters. The van der Waals surface area contributed by atoms with E-state index in [1.807, 2.05) is 0 Å². The first-order chi connectivity index (χ1) is 6.07. The Bertz CT molecular complexity index is 196. The van der Waals surface area contributed by atoms with Gasteiger partial charge >= 0.3 is 5.97 Å². The van der Waals surface area contributed by atoms with Gasteiger partial charge in [0.25, 0.3) is 0 Å². The molecule has 0 radical (unpaired) electrons. The van der Waals surface area contributed by atoms with E-state index in [0.717, 1.165) is 13.0 Å². The van der Waals surface area contributed by atoms with Gasteiger partial charge in [0.2, 0.25) is 0 Å². The van der Waals surface area contributed by atoms with E-state index in [0.29, 0.717) is 11.8 Å². The summed E-state index contributed by atoms with van der Waals surface area (Å²) in [5.41, 5.74) is 0. The Balaban J connectivity index is 2.71. The van der Waals surface area contributed by atoms with Crippen LogP contribution in [0, 0.1) is 11.8 Å². The molecular formula is C9H16ClNO2. The van der Waals surface area contributed by atoms with Gasteiger partial charge in [-0.3, -0.25) is 4.79 Å². The number of ether oxygens (including phenoxy) is 1. The molecule has 76 valence electrons. The van der Waals surface area contributed by atoms with E-state index >= 15 is 0 Å². The molecule has 0 bridgehead atoms. The van der Waals surface area contributed by atoms with Crippen molar-refractivity contribution < 1.29 is 9.53 Å². The van der Waals surface area contributed by atoms with Crippen molar-refractivity contribution in [1.82, 2.24) is 4.42 Å². The third-order valence-corrected chi connectivity index (χ3v) is 3.06. The van der Waals surface area contributed by atoms with Gasteiger partial charge in [-0.2, -0.15) is 0 Å². The first-order valence-corrected chi connectivity index (χ1v) is 4.92. The lowest BCUT2D eigenvalue weighted by Gasteiger charge is -2.22. The first-order valence-electron chi connectivity index (χ1n) is 4.58. The number of esters is 1. The van der Waals surface area contributed by atoms with E-state index in [1.54, 1.807) is 4.42 Å². The van der Waals surface area contributed by atoms with E-state index in [-0.39, 0.29) is 12.0 Å². The zero-order chi connectivity index (χ0) is 10.0. The second-order valence-corrected chi connectivity index (χ2v) is 4.22. The lowest BCUT2D eigenvalue weighted by atomic mass is 9.89. The van der Waals surface area contributed by atoms with Crippen LogP contribution in [0.25, 0.3) is 0 Å². The van der Waals surface area contributed by atoms with Crippen LogP contribution in [-0.2, 0) is 9.53 Å². The van der Waals surface area contributed by atoms with Gasteiger partial charge in [-0.15, -0.1) is 0 Å². The molecule has 1 saturated heterocycles. The Labute approximate surface area is 84.1 Å². The number of halogens is 1. The number of carbonyl (C=O) groups is 1. The van der Waals surface area contributed by atoms with Crippen molar-refractivity contribution in [2.75, 3.05) is 13.7 Å². The Kier molecular flexibility index (Phi) is 3.56. The van der Waals surface area contributed by atoms with E-state index < -0.39 is 0 Å². The standard InChI is InChI=1S/C9H16ClNO2/c1-6(2)7-4-5-11(10)8(7)9(12)13-3/h6-8H,4-5H2,1-3H3/t7?,8-/m0/s1. The fraction of sp³-hybridized carbons (Fsp3) is 0.889. The van der Waals surface area contributed by atoms with Crippen LogP contribution in [0.5, 0.6) is 0 Å². The van der Waals surface area contributed by atoms with Crippen LogP contribution in [0.4, 0.5) is 0 Å². The Morgan fingerprint density at radius 3 is 2.69 bits per heavy atom. The number of hydrogen-bond donors (Lipinski definition) is 0. The first kappa shape index (κ1) is 10.8. The highest BCUT2D eigenvalue weighted by molar-refractivity contribution is 6.15. The van der Waals surface area contributed by atoms with Gasteiger partial charge in [0, 0.05) is 6.54 Å². The lowest BCUT2D eigenvalue weighted by molar-refractivity contribution is -0.146. The highest BCUT2D eigenvalue weighted by Gasteiger charge is 2.40. The maximum Gasteiger partial charge on any atom is 0.324 e. The molecule has 1 aliphatic heterocycles. The molecule has 1 heterocycles. The fourth-order valence-corrected chi connectivity index (χ4v) is 2.21. The topological polar surface area (TPSA) is 29.5 Å². The Morgan fingerprint density at radius 2 is 2.23 bits per heavy atom. The number of nitrogens with zero attached hydrogens (tertiary/aromatic N) is 1. The molecule has 4 heteroatoms. The summed E-state index contributed by atoms with van der Waals surface area (Å²) < 4.78 is 6.29. The summed E-state index contributed by atoms with van der Waals surface area (Å²) in [5.74, 6) is 0.573. The summed E-state index contributed by atoms with van der Waals surface area (Å²) in [6.07, 6.45) is 0.973. The molecule has 0 saturated carbocycles. The minimum atomic E-state index is -0.258. The predicted octanol–water partition coefficient (Wildman–Crippen LogP) is 1.66. The summed E-state index contributed by atoms with van der Waals surface area (Å²) in [5, 5.41) is 0. The number of rotatable bonds is 2. The average molecular weight is 206 g/mol. The molecule has 1 unspecified atom stereocenters. The highest BCUT2D eigenvalue weighted by Crippen LogP contribution is 2.32. The minimum absolute atomic E-state index is 0.216. The molecule has 3 nitrogen and oxygen atoms in total. The molecule has 0 aromatic heterocycles. The second-order valence-electron chi connectivity index (χ2n) is 3.79. The molecule has 1 rings (SSSR count). The van der Waals surface area contributed by atoms with Gasteiger partial charge in [0.05, 0.1) is 7.11 Å². The van der Waals surface area contributed by atoms with E-state index in [1.165, 1.54) is 7.11 Å². The van der Waals surface area contributed by atoms with Gasteiger partial charge in [-0.25, -0.2) is 4.42 Å². The normalized spacial score (nSPS) is 29.6. The summed E-state index contributed by atoms with van der Waals surface area (Å²) in [6, 6.07) is -0.258. The van der Waals surface area contributed by atoms with Crippen LogP contribution >= 0.6 is 11.8 Å². The van der Waals surface area contributed by atoms with Crippen LogP contribution in [-0.4, -0.2) is 30.1 Å². The maximum absolute atomic E-state index is 11.4. The van der Waals surface area contributed by atoms with Crippen molar-refractivity contribution in [1.29, 1.82) is 0 Å². The van der Waals surface area contributed by atoms with Gasteiger partial charge < -0.3 is 4.74 Å². The smallest absolute Gasteiger partial charge is 0.324 e. The van der Waals surface area contributed by atoms with Crippen LogP contribution < -0.4 is 0 Å². The van der Waals surface area contributed by atoms with E-state index in [9.17, 15) is 4.79 Å². The highest BCUT2D eigenvalue weighted by atomic mass is 35.5. The third-order valence-electron chi connectivity index (χ3n) is 2.68. The van der Waals surface area contributed by atoms with Crippen molar-refractivity contribution in [2.24, 2.45) is 11.8 Å². The largest absolute Gasteiger partial charge is 0.468 e. The molecule has 0 aliphatic carbocycles. The minimum Gasteiger partial charge on any atom is -0.468 e. The van der Waals surface area contributed by atoms with Crippen molar-refractivity contribution in [3.63, 3.8) is 0 Å². The number of hydrogen-bond acceptors (Lipinski definition) is 3. The van der Waals surface area contributed by atoms with Gasteiger partial charge in [-0.05, 0) is 30.0 Å². The molecule has 0 spiro atoms. The van der Waals surface area contributed by atoms with Gasteiger partial charge in [0.15, 0.2) is 0 Å². The van der Waals surface area contributed by atoms with Gasteiger partial charge in [-0.1, -0.05) is 13.8 Å². The molecule has 1 fully saturated rings. The summed E-state index contributed by atoms with van der Waals surface area (Å²) >= 11 is 5.92. The molecule has 0 aromatic rings. The summed E-state index contributed by atoms with van der Waals surface area (Å²) in [4.78, 5) is 11.4. The molecule has 0 aromatic carbocycles. The Morgan fingerprint density at radius 1 is 1.62 bits per heavy atom. The lowest BCUT2D eigenvalue weighted by Crippen LogP contribution is -2.37. The van der Waals surface area contributed by atoms with Crippen LogP contribution in [0.15, 0.2) is 0 Å².